The van der Waals surface area contributed by atoms with Crippen molar-refractivity contribution in [3.05, 3.63) is 0 Å². The first kappa shape index (κ1) is 14.5. The zero-order valence-corrected chi connectivity index (χ0v) is 11.5. The molecule has 0 aliphatic carbocycles. The zero-order valence-electron chi connectivity index (χ0n) is 11.5. The van der Waals surface area contributed by atoms with Gasteiger partial charge in [0.15, 0.2) is 0 Å². The number of rotatable bonds is 6. The van der Waals surface area contributed by atoms with Crippen molar-refractivity contribution in [2.24, 2.45) is 0 Å². The summed E-state index contributed by atoms with van der Waals surface area (Å²) in [7, 11) is 4.14. The van der Waals surface area contributed by atoms with E-state index in [-0.39, 0.29) is 11.9 Å². The van der Waals surface area contributed by atoms with E-state index in [0.29, 0.717) is 0 Å². The van der Waals surface area contributed by atoms with E-state index in [1.165, 1.54) is 19.3 Å². The topological polar surface area (TPSA) is 35.6 Å². The molecule has 0 radical (unpaired) electrons. The number of nitrogens with one attached hydrogen (secondary N) is 1. The second-order valence-corrected chi connectivity index (χ2v) is 5.22. The highest BCUT2D eigenvalue weighted by atomic mass is 16.2. The number of amides is 1. The standard InChI is InChI=1S/C13H27N3O/c1-12(14-8-7-9-15(2)3)13(17)16-10-5-4-6-11-16/h12,14H,4-11H2,1-3H3/t12-/m0/s1. The van der Waals surface area contributed by atoms with Gasteiger partial charge < -0.3 is 15.1 Å². The molecule has 0 saturated carbocycles. The first-order valence-electron chi connectivity index (χ1n) is 6.78. The Hall–Kier alpha value is -0.610. The molecule has 4 heteroatoms. The van der Waals surface area contributed by atoms with Gasteiger partial charge in [0, 0.05) is 13.1 Å². The summed E-state index contributed by atoms with van der Waals surface area (Å²) in [5, 5.41) is 3.32. The molecule has 0 unspecified atom stereocenters. The van der Waals surface area contributed by atoms with Crippen LogP contribution >= 0.6 is 0 Å². The van der Waals surface area contributed by atoms with Crippen molar-refractivity contribution in [2.75, 3.05) is 40.3 Å². The third-order valence-corrected chi connectivity index (χ3v) is 3.27. The molecule has 1 heterocycles. The highest BCUT2D eigenvalue weighted by Crippen LogP contribution is 2.09. The van der Waals surface area contributed by atoms with Crippen molar-refractivity contribution in [1.82, 2.24) is 15.1 Å². The second-order valence-electron chi connectivity index (χ2n) is 5.22. The van der Waals surface area contributed by atoms with Gasteiger partial charge in [0.05, 0.1) is 6.04 Å². The van der Waals surface area contributed by atoms with Crippen LogP contribution in [0.2, 0.25) is 0 Å². The van der Waals surface area contributed by atoms with Crippen molar-refractivity contribution in [1.29, 1.82) is 0 Å². The summed E-state index contributed by atoms with van der Waals surface area (Å²) >= 11 is 0. The fourth-order valence-electron chi connectivity index (χ4n) is 2.19. The molecule has 1 atom stereocenters. The van der Waals surface area contributed by atoms with E-state index in [4.69, 9.17) is 0 Å². The van der Waals surface area contributed by atoms with Crippen LogP contribution in [0.1, 0.15) is 32.6 Å². The Balaban J connectivity index is 2.17. The number of hydrogen-bond acceptors (Lipinski definition) is 3. The van der Waals surface area contributed by atoms with E-state index in [2.05, 4.69) is 24.3 Å². The fraction of sp³-hybridized carbons (Fsp3) is 0.923. The molecule has 0 aromatic carbocycles. The van der Waals surface area contributed by atoms with Gasteiger partial charge in [0.25, 0.3) is 0 Å². The predicted octanol–water partition coefficient (Wildman–Crippen LogP) is 0.929. The van der Waals surface area contributed by atoms with Gasteiger partial charge in [0.2, 0.25) is 5.91 Å². The van der Waals surface area contributed by atoms with E-state index in [1.807, 2.05) is 11.8 Å². The Kier molecular flexibility index (Phi) is 6.52. The highest BCUT2D eigenvalue weighted by molar-refractivity contribution is 5.81. The summed E-state index contributed by atoms with van der Waals surface area (Å²) in [5.74, 6) is 0.273. The molecule has 4 nitrogen and oxygen atoms in total. The van der Waals surface area contributed by atoms with Gasteiger partial charge in [-0.05, 0) is 59.8 Å². The van der Waals surface area contributed by atoms with Crippen LogP contribution in [0.3, 0.4) is 0 Å². The molecule has 1 rings (SSSR count). The quantitative estimate of drug-likeness (QED) is 0.703. The Morgan fingerprint density at radius 3 is 2.53 bits per heavy atom. The molecule has 1 fully saturated rings. The molecular weight excluding hydrogens is 214 g/mol. The van der Waals surface area contributed by atoms with E-state index in [0.717, 1.165) is 32.6 Å². The summed E-state index contributed by atoms with van der Waals surface area (Å²) in [6, 6.07) is -0.0322. The normalized spacial score (nSPS) is 18.5. The molecule has 1 saturated heterocycles. The monoisotopic (exact) mass is 241 g/mol. The molecule has 0 aromatic rings. The fourth-order valence-corrected chi connectivity index (χ4v) is 2.19. The van der Waals surface area contributed by atoms with Crippen molar-refractivity contribution in [3.8, 4) is 0 Å². The van der Waals surface area contributed by atoms with Crippen LogP contribution in [0.25, 0.3) is 0 Å². The SMILES string of the molecule is C[C@H](NCCCN(C)C)C(=O)N1CCCCC1. The maximum atomic E-state index is 12.1. The molecule has 0 aromatic heterocycles. The lowest BCUT2D eigenvalue weighted by atomic mass is 10.1. The average molecular weight is 241 g/mol. The number of likely N-dealkylation sites (tertiary alicyclic amines) is 1. The number of nitrogens with zero attached hydrogens (tertiary/aromatic N) is 2. The van der Waals surface area contributed by atoms with Crippen LogP contribution in [-0.2, 0) is 4.79 Å². The van der Waals surface area contributed by atoms with Crippen LogP contribution < -0.4 is 5.32 Å². The van der Waals surface area contributed by atoms with Gasteiger partial charge >= 0.3 is 0 Å². The van der Waals surface area contributed by atoms with Crippen LogP contribution in [0.15, 0.2) is 0 Å². The lowest BCUT2D eigenvalue weighted by Crippen LogP contribution is -2.47. The van der Waals surface area contributed by atoms with Gasteiger partial charge in [0.1, 0.15) is 0 Å². The number of hydrogen-bond donors (Lipinski definition) is 1. The lowest BCUT2D eigenvalue weighted by molar-refractivity contribution is -0.133. The molecule has 17 heavy (non-hydrogen) atoms. The maximum absolute atomic E-state index is 12.1. The van der Waals surface area contributed by atoms with Crippen LogP contribution in [0, 0.1) is 0 Å². The minimum Gasteiger partial charge on any atom is -0.341 e. The largest absolute Gasteiger partial charge is 0.341 e. The molecule has 1 amide bonds. The molecule has 1 N–H and O–H groups in total. The Morgan fingerprint density at radius 1 is 1.29 bits per heavy atom. The van der Waals surface area contributed by atoms with Gasteiger partial charge in [-0.3, -0.25) is 4.79 Å². The zero-order chi connectivity index (χ0) is 12.7. The molecule has 1 aliphatic rings. The number of piperidine rings is 1. The van der Waals surface area contributed by atoms with Crippen LogP contribution in [0.5, 0.6) is 0 Å². The first-order chi connectivity index (χ1) is 8.11. The van der Waals surface area contributed by atoms with Crippen LogP contribution in [-0.4, -0.2) is 62.0 Å². The van der Waals surface area contributed by atoms with E-state index in [9.17, 15) is 4.79 Å². The second kappa shape index (κ2) is 7.67. The first-order valence-corrected chi connectivity index (χ1v) is 6.78. The summed E-state index contributed by atoms with van der Waals surface area (Å²) < 4.78 is 0. The van der Waals surface area contributed by atoms with Gasteiger partial charge in [-0.15, -0.1) is 0 Å². The number of carbonyl (C=O) groups excluding carboxylic acids is 1. The Bertz CT molecular complexity index is 225. The number of carbonyl (C=O) groups is 1. The average Bonchev–Trinajstić information content (AvgIpc) is 2.34. The molecular formula is C13H27N3O. The Morgan fingerprint density at radius 2 is 1.94 bits per heavy atom. The predicted molar refractivity (Wildman–Crippen MR) is 71.1 cm³/mol. The summed E-state index contributed by atoms with van der Waals surface area (Å²) in [6.07, 6.45) is 4.69. The van der Waals surface area contributed by atoms with Gasteiger partial charge in [-0.25, -0.2) is 0 Å². The summed E-state index contributed by atoms with van der Waals surface area (Å²) in [5.41, 5.74) is 0. The smallest absolute Gasteiger partial charge is 0.239 e. The molecule has 1 aliphatic heterocycles. The van der Waals surface area contributed by atoms with E-state index in [1.54, 1.807) is 0 Å². The molecule has 0 bridgehead atoms. The summed E-state index contributed by atoms with van der Waals surface area (Å²) in [6.45, 7) is 5.86. The summed E-state index contributed by atoms with van der Waals surface area (Å²) in [4.78, 5) is 16.3. The van der Waals surface area contributed by atoms with Gasteiger partial charge in [-0.2, -0.15) is 0 Å². The third-order valence-electron chi connectivity index (χ3n) is 3.27. The molecule has 100 valence electrons. The minimum atomic E-state index is -0.0322. The van der Waals surface area contributed by atoms with Gasteiger partial charge in [-0.1, -0.05) is 0 Å². The minimum absolute atomic E-state index is 0.0322. The van der Waals surface area contributed by atoms with Crippen LogP contribution in [0.4, 0.5) is 0 Å². The maximum Gasteiger partial charge on any atom is 0.239 e. The van der Waals surface area contributed by atoms with E-state index >= 15 is 0 Å². The van der Waals surface area contributed by atoms with E-state index < -0.39 is 0 Å². The van der Waals surface area contributed by atoms with Crippen molar-refractivity contribution >= 4 is 5.91 Å². The molecule has 0 spiro atoms. The third kappa shape index (κ3) is 5.50. The van der Waals surface area contributed by atoms with Crippen molar-refractivity contribution < 1.29 is 4.79 Å². The highest BCUT2D eigenvalue weighted by Gasteiger charge is 2.21. The van der Waals surface area contributed by atoms with Crippen molar-refractivity contribution in [3.63, 3.8) is 0 Å². The van der Waals surface area contributed by atoms with Crippen molar-refractivity contribution in [2.45, 2.75) is 38.6 Å². The Labute approximate surface area is 105 Å². The lowest BCUT2D eigenvalue weighted by Gasteiger charge is -2.29.